The van der Waals surface area contributed by atoms with Crippen molar-refractivity contribution in [3.05, 3.63) is 35.4 Å². The zero-order valence-electron chi connectivity index (χ0n) is 13.5. The summed E-state index contributed by atoms with van der Waals surface area (Å²) in [7, 11) is 0. The Hall–Kier alpha value is -0.820. The SMILES string of the molecule is CC(C)c1ccc(CC2(O)CCCC(C(C)C)C2)cc1. The van der Waals surface area contributed by atoms with Crippen LogP contribution in [-0.4, -0.2) is 10.7 Å². The summed E-state index contributed by atoms with van der Waals surface area (Å²) in [6, 6.07) is 8.83. The predicted molar refractivity (Wildman–Crippen MR) is 86.0 cm³/mol. The van der Waals surface area contributed by atoms with Crippen LogP contribution in [-0.2, 0) is 6.42 Å². The lowest BCUT2D eigenvalue weighted by molar-refractivity contribution is -0.0239. The molecule has 0 radical (unpaired) electrons. The fraction of sp³-hybridized carbons (Fsp3) is 0.684. The van der Waals surface area contributed by atoms with Gasteiger partial charge in [0.2, 0.25) is 0 Å². The highest BCUT2D eigenvalue weighted by molar-refractivity contribution is 5.26. The molecule has 0 heterocycles. The normalized spacial score (nSPS) is 27.2. The van der Waals surface area contributed by atoms with E-state index in [2.05, 4.69) is 52.0 Å². The Morgan fingerprint density at radius 2 is 1.80 bits per heavy atom. The quantitative estimate of drug-likeness (QED) is 0.825. The second-order valence-electron chi connectivity index (χ2n) is 7.40. The molecular weight excluding hydrogens is 244 g/mol. The zero-order valence-corrected chi connectivity index (χ0v) is 13.5. The molecule has 0 amide bonds. The topological polar surface area (TPSA) is 20.2 Å². The van der Waals surface area contributed by atoms with Gasteiger partial charge in [0.05, 0.1) is 5.60 Å². The average molecular weight is 274 g/mol. The molecule has 0 saturated heterocycles. The van der Waals surface area contributed by atoms with Crippen LogP contribution >= 0.6 is 0 Å². The van der Waals surface area contributed by atoms with Crippen LogP contribution < -0.4 is 0 Å². The van der Waals surface area contributed by atoms with Gasteiger partial charge in [-0.05, 0) is 48.1 Å². The summed E-state index contributed by atoms with van der Waals surface area (Å²) < 4.78 is 0. The van der Waals surface area contributed by atoms with E-state index in [9.17, 15) is 5.11 Å². The van der Waals surface area contributed by atoms with Gasteiger partial charge in [0.1, 0.15) is 0 Å². The summed E-state index contributed by atoms with van der Waals surface area (Å²) in [5.41, 5.74) is 2.18. The molecule has 1 aliphatic carbocycles. The van der Waals surface area contributed by atoms with Crippen LogP contribution in [0, 0.1) is 11.8 Å². The van der Waals surface area contributed by atoms with Crippen LogP contribution in [0.4, 0.5) is 0 Å². The highest BCUT2D eigenvalue weighted by Gasteiger charge is 2.35. The molecular formula is C19H30O. The van der Waals surface area contributed by atoms with Gasteiger partial charge in [0, 0.05) is 6.42 Å². The van der Waals surface area contributed by atoms with Crippen LogP contribution in [0.2, 0.25) is 0 Å². The molecule has 0 aliphatic heterocycles. The lowest BCUT2D eigenvalue weighted by Gasteiger charge is -2.38. The minimum Gasteiger partial charge on any atom is -0.390 e. The first-order valence-corrected chi connectivity index (χ1v) is 8.21. The minimum atomic E-state index is -0.480. The Morgan fingerprint density at radius 1 is 1.15 bits per heavy atom. The maximum Gasteiger partial charge on any atom is 0.0690 e. The van der Waals surface area contributed by atoms with Gasteiger partial charge in [-0.15, -0.1) is 0 Å². The van der Waals surface area contributed by atoms with Gasteiger partial charge in [0.25, 0.3) is 0 Å². The smallest absolute Gasteiger partial charge is 0.0690 e. The van der Waals surface area contributed by atoms with E-state index in [4.69, 9.17) is 0 Å². The second kappa shape index (κ2) is 6.30. The van der Waals surface area contributed by atoms with Gasteiger partial charge in [-0.1, -0.05) is 58.4 Å². The molecule has 1 nitrogen and oxygen atoms in total. The lowest BCUT2D eigenvalue weighted by atomic mass is 9.71. The molecule has 0 bridgehead atoms. The van der Waals surface area contributed by atoms with Crippen molar-refractivity contribution in [1.29, 1.82) is 0 Å². The summed E-state index contributed by atoms with van der Waals surface area (Å²) in [5, 5.41) is 10.9. The van der Waals surface area contributed by atoms with Gasteiger partial charge in [-0.25, -0.2) is 0 Å². The number of hydrogen-bond acceptors (Lipinski definition) is 1. The average Bonchev–Trinajstić information content (AvgIpc) is 2.38. The van der Waals surface area contributed by atoms with Crippen LogP contribution in [0.1, 0.15) is 70.4 Å². The Bertz CT molecular complexity index is 418. The third kappa shape index (κ3) is 3.85. The lowest BCUT2D eigenvalue weighted by Crippen LogP contribution is -2.38. The van der Waals surface area contributed by atoms with E-state index in [0.29, 0.717) is 17.8 Å². The third-order valence-electron chi connectivity index (χ3n) is 4.98. The molecule has 2 rings (SSSR count). The highest BCUT2D eigenvalue weighted by Crippen LogP contribution is 2.38. The van der Waals surface area contributed by atoms with E-state index in [1.165, 1.54) is 24.0 Å². The van der Waals surface area contributed by atoms with Crippen molar-refractivity contribution < 1.29 is 5.11 Å². The molecule has 1 N–H and O–H groups in total. The molecule has 20 heavy (non-hydrogen) atoms. The van der Waals surface area contributed by atoms with Crippen molar-refractivity contribution in [1.82, 2.24) is 0 Å². The molecule has 2 unspecified atom stereocenters. The first-order chi connectivity index (χ1) is 9.39. The Kier molecular flexibility index (Phi) is 4.90. The van der Waals surface area contributed by atoms with Crippen LogP contribution in [0.15, 0.2) is 24.3 Å². The summed E-state index contributed by atoms with van der Waals surface area (Å²) >= 11 is 0. The van der Waals surface area contributed by atoms with Gasteiger partial charge in [-0.3, -0.25) is 0 Å². The summed E-state index contributed by atoms with van der Waals surface area (Å²) in [6.07, 6.45) is 5.20. The van der Waals surface area contributed by atoms with Gasteiger partial charge in [-0.2, -0.15) is 0 Å². The summed E-state index contributed by atoms with van der Waals surface area (Å²) in [6.45, 7) is 9.01. The predicted octanol–water partition coefficient (Wildman–Crippen LogP) is 4.93. The molecule has 1 aliphatic rings. The van der Waals surface area contributed by atoms with Crippen molar-refractivity contribution in [3.8, 4) is 0 Å². The fourth-order valence-corrected chi connectivity index (χ4v) is 3.52. The van der Waals surface area contributed by atoms with E-state index in [1.807, 2.05) is 0 Å². The van der Waals surface area contributed by atoms with Crippen molar-refractivity contribution in [2.75, 3.05) is 0 Å². The standard InChI is InChI=1S/C19H30O/c1-14(2)17-9-7-16(8-10-17)12-19(20)11-5-6-18(13-19)15(3)4/h7-10,14-15,18,20H,5-6,11-13H2,1-4H3. The maximum atomic E-state index is 10.9. The molecule has 2 atom stereocenters. The second-order valence-corrected chi connectivity index (χ2v) is 7.40. The Labute approximate surface area is 124 Å². The number of hydrogen-bond donors (Lipinski definition) is 1. The fourth-order valence-electron chi connectivity index (χ4n) is 3.52. The molecule has 1 fully saturated rings. The van der Waals surface area contributed by atoms with E-state index in [-0.39, 0.29) is 0 Å². The van der Waals surface area contributed by atoms with Crippen molar-refractivity contribution in [2.24, 2.45) is 11.8 Å². The Balaban J connectivity index is 2.04. The first kappa shape index (κ1) is 15.6. The molecule has 1 heteroatoms. The number of rotatable bonds is 4. The summed E-state index contributed by atoms with van der Waals surface area (Å²) in [4.78, 5) is 0. The number of benzene rings is 1. The largest absolute Gasteiger partial charge is 0.390 e. The molecule has 1 saturated carbocycles. The van der Waals surface area contributed by atoms with Crippen LogP contribution in [0.3, 0.4) is 0 Å². The zero-order chi connectivity index (χ0) is 14.8. The van der Waals surface area contributed by atoms with Gasteiger partial charge < -0.3 is 5.11 Å². The minimum absolute atomic E-state index is 0.480. The summed E-state index contributed by atoms with van der Waals surface area (Å²) in [5.74, 6) is 1.95. The van der Waals surface area contributed by atoms with Gasteiger partial charge >= 0.3 is 0 Å². The highest BCUT2D eigenvalue weighted by atomic mass is 16.3. The van der Waals surface area contributed by atoms with E-state index < -0.39 is 5.60 Å². The molecule has 112 valence electrons. The maximum absolute atomic E-state index is 10.9. The molecule has 0 aromatic heterocycles. The van der Waals surface area contributed by atoms with Crippen LogP contribution in [0.25, 0.3) is 0 Å². The van der Waals surface area contributed by atoms with Crippen molar-refractivity contribution in [3.63, 3.8) is 0 Å². The molecule has 0 spiro atoms. The first-order valence-electron chi connectivity index (χ1n) is 8.21. The van der Waals surface area contributed by atoms with E-state index in [1.54, 1.807) is 0 Å². The van der Waals surface area contributed by atoms with E-state index in [0.717, 1.165) is 19.3 Å². The Morgan fingerprint density at radius 3 is 2.35 bits per heavy atom. The monoisotopic (exact) mass is 274 g/mol. The number of aliphatic hydroxyl groups is 1. The molecule has 1 aromatic carbocycles. The van der Waals surface area contributed by atoms with Crippen molar-refractivity contribution >= 4 is 0 Å². The third-order valence-corrected chi connectivity index (χ3v) is 4.98. The van der Waals surface area contributed by atoms with Gasteiger partial charge in [0.15, 0.2) is 0 Å². The molecule has 1 aromatic rings. The van der Waals surface area contributed by atoms with E-state index >= 15 is 0 Å². The van der Waals surface area contributed by atoms with Crippen molar-refractivity contribution in [2.45, 2.75) is 71.3 Å². The van der Waals surface area contributed by atoms with Crippen LogP contribution in [0.5, 0.6) is 0 Å².